The minimum Gasteiger partial charge on any atom is -0.469 e. The largest absolute Gasteiger partial charge is 0.469 e. The summed E-state index contributed by atoms with van der Waals surface area (Å²) in [4.78, 5) is 26.7. The van der Waals surface area contributed by atoms with Gasteiger partial charge in [-0.15, -0.1) is 0 Å². The lowest BCUT2D eigenvalue weighted by atomic mass is 9.92. The fourth-order valence-corrected chi connectivity index (χ4v) is 3.65. The minimum absolute atomic E-state index is 0.0666. The van der Waals surface area contributed by atoms with Crippen LogP contribution in [0.1, 0.15) is 19.3 Å². The van der Waals surface area contributed by atoms with Gasteiger partial charge in [-0.25, -0.2) is 10.9 Å². The van der Waals surface area contributed by atoms with Gasteiger partial charge < -0.3 is 20.7 Å². The first-order valence-corrected chi connectivity index (χ1v) is 8.74. The van der Waals surface area contributed by atoms with Gasteiger partial charge in [-0.3, -0.25) is 14.5 Å². The smallest absolute Gasteiger partial charge is 0.310 e. The van der Waals surface area contributed by atoms with Crippen LogP contribution < -0.4 is 26.8 Å². The maximum Gasteiger partial charge on any atom is 0.310 e. The summed E-state index contributed by atoms with van der Waals surface area (Å²) in [5.74, 6) is -0.596. The van der Waals surface area contributed by atoms with Gasteiger partial charge in [0.15, 0.2) is 0 Å². The number of amides is 1. The fraction of sp³-hybridized carbons (Fsp3) is 0.867. The van der Waals surface area contributed by atoms with Crippen LogP contribution in [0.3, 0.4) is 0 Å². The third-order valence-electron chi connectivity index (χ3n) is 5.11. The zero-order valence-electron chi connectivity index (χ0n) is 14.1. The van der Waals surface area contributed by atoms with Crippen LogP contribution in [0.15, 0.2) is 0 Å². The van der Waals surface area contributed by atoms with Gasteiger partial charge in [-0.1, -0.05) is 0 Å². The summed E-state index contributed by atoms with van der Waals surface area (Å²) in [7, 11) is 1.39. The predicted octanol–water partition coefficient (Wildman–Crippen LogP) is -2.30. The van der Waals surface area contributed by atoms with E-state index < -0.39 is 0 Å². The standard InChI is InChI=1S/C15H28N6O3/c1-24-15(23)10-4-5-16-8-12(10)18-14(22)11-2-3-13(20-19-11)21-7-6-17-9-21/h10-13,16-17,19-20H,2-9H2,1H3,(H,18,22). The van der Waals surface area contributed by atoms with Crippen LogP contribution in [0, 0.1) is 5.92 Å². The van der Waals surface area contributed by atoms with E-state index in [1.165, 1.54) is 7.11 Å². The van der Waals surface area contributed by atoms with Crippen molar-refractivity contribution in [2.75, 3.05) is 40.0 Å². The van der Waals surface area contributed by atoms with Crippen LogP contribution in [0.5, 0.6) is 0 Å². The van der Waals surface area contributed by atoms with Crippen LogP contribution in [0.4, 0.5) is 0 Å². The van der Waals surface area contributed by atoms with Crippen molar-refractivity contribution < 1.29 is 14.3 Å². The predicted molar refractivity (Wildman–Crippen MR) is 87.6 cm³/mol. The van der Waals surface area contributed by atoms with E-state index in [4.69, 9.17) is 4.74 Å². The SMILES string of the molecule is COC(=O)C1CCNCC1NC(=O)C1CCC(N2CCNC2)NN1. The molecule has 3 heterocycles. The molecule has 3 saturated heterocycles. The van der Waals surface area contributed by atoms with Crippen LogP contribution >= 0.6 is 0 Å². The number of carbonyl (C=O) groups is 2. The molecule has 136 valence electrons. The number of hydrazine groups is 1. The van der Waals surface area contributed by atoms with E-state index in [1.54, 1.807) is 0 Å². The summed E-state index contributed by atoms with van der Waals surface area (Å²) < 4.78 is 4.86. The molecule has 9 heteroatoms. The zero-order chi connectivity index (χ0) is 16.9. The molecule has 3 rings (SSSR count). The number of carbonyl (C=O) groups excluding carboxylic acids is 2. The normalized spacial score (nSPS) is 34.7. The van der Waals surface area contributed by atoms with Gasteiger partial charge in [0, 0.05) is 26.3 Å². The number of methoxy groups -OCH3 is 1. The highest BCUT2D eigenvalue weighted by molar-refractivity contribution is 5.83. The molecule has 4 atom stereocenters. The van der Waals surface area contributed by atoms with Crippen molar-refractivity contribution in [1.29, 1.82) is 0 Å². The van der Waals surface area contributed by atoms with Crippen LogP contribution in [0.25, 0.3) is 0 Å². The lowest BCUT2D eigenvalue weighted by Gasteiger charge is -2.37. The lowest BCUT2D eigenvalue weighted by Crippen LogP contribution is -2.63. The second kappa shape index (κ2) is 8.21. The molecule has 0 saturated carbocycles. The number of nitrogens with one attached hydrogen (secondary N) is 5. The Labute approximate surface area is 142 Å². The maximum absolute atomic E-state index is 12.5. The lowest BCUT2D eigenvalue weighted by molar-refractivity contribution is -0.147. The van der Waals surface area contributed by atoms with E-state index >= 15 is 0 Å². The van der Waals surface area contributed by atoms with Gasteiger partial charge in [0.25, 0.3) is 0 Å². The van der Waals surface area contributed by atoms with Crippen molar-refractivity contribution in [2.24, 2.45) is 5.92 Å². The molecule has 0 aromatic rings. The van der Waals surface area contributed by atoms with Crippen molar-refractivity contribution >= 4 is 11.9 Å². The highest BCUT2D eigenvalue weighted by Gasteiger charge is 2.35. The summed E-state index contributed by atoms with van der Waals surface area (Å²) >= 11 is 0. The molecule has 0 spiro atoms. The van der Waals surface area contributed by atoms with Crippen LogP contribution in [0.2, 0.25) is 0 Å². The topological polar surface area (TPSA) is 107 Å². The molecule has 3 aliphatic rings. The number of nitrogens with zero attached hydrogens (tertiary/aromatic N) is 1. The molecule has 9 nitrogen and oxygen atoms in total. The third kappa shape index (κ3) is 4.04. The Bertz CT molecular complexity index is 448. The average molecular weight is 340 g/mol. The van der Waals surface area contributed by atoms with Gasteiger partial charge >= 0.3 is 5.97 Å². The van der Waals surface area contributed by atoms with Crippen LogP contribution in [-0.4, -0.2) is 75.0 Å². The molecule has 3 aliphatic heterocycles. The van der Waals surface area contributed by atoms with E-state index in [0.717, 1.165) is 39.1 Å². The van der Waals surface area contributed by atoms with E-state index in [0.29, 0.717) is 13.0 Å². The summed E-state index contributed by atoms with van der Waals surface area (Å²) in [5.41, 5.74) is 6.37. The molecule has 1 amide bonds. The quantitative estimate of drug-likeness (QED) is 0.364. The first kappa shape index (κ1) is 17.6. The molecule has 0 radical (unpaired) electrons. The first-order chi connectivity index (χ1) is 11.7. The van der Waals surface area contributed by atoms with Gasteiger partial charge in [0.1, 0.15) is 6.04 Å². The molecular formula is C15H28N6O3. The number of rotatable bonds is 4. The second-order valence-corrected chi connectivity index (χ2v) is 6.64. The van der Waals surface area contributed by atoms with E-state index in [2.05, 4.69) is 31.7 Å². The molecule has 0 aromatic carbocycles. The number of esters is 1. The van der Waals surface area contributed by atoms with Crippen molar-refractivity contribution in [2.45, 2.75) is 37.5 Å². The summed E-state index contributed by atoms with van der Waals surface area (Å²) in [6.45, 7) is 4.26. The molecule has 3 fully saturated rings. The molecule has 4 unspecified atom stereocenters. The van der Waals surface area contributed by atoms with E-state index in [-0.39, 0.29) is 36.0 Å². The second-order valence-electron chi connectivity index (χ2n) is 6.64. The van der Waals surface area contributed by atoms with Crippen molar-refractivity contribution in [3.8, 4) is 0 Å². The molecule has 5 N–H and O–H groups in total. The molecular weight excluding hydrogens is 312 g/mol. The Hall–Kier alpha value is -1.26. The van der Waals surface area contributed by atoms with Crippen molar-refractivity contribution in [1.82, 2.24) is 31.7 Å². The van der Waals surface area contributed by atoms with Gasteiger partial charge in [0.05, 0.1) is 25.2 Å². The molecule has 24 heavy (non-hydrogen) atoms. The Morgan fingerprint density at radius 1 is 1.12 bits per heavy atom. The van der Waals surface area contributed by atoms with Crippen molar-refractivity contribution in [3.63, 3.8) is 0 Å². The molecule has 0 bridgehead atoms. The van der Waals surface area contributed by atoms with Crippen molar-refractivity contribution in [3.05, 3.63) is 0 Å². The summed E-state index contributed by atoms with van der Waals surface area (Å²) in [5, 5.41) is 9.54. The minimum atomic E-state index is -0.281. The highest BCUT2D eigenvalue weighted by Crippen LogP contribution is 2.16. The zero-order valence-corrected chi connectivity index (χ0v) is 14.1. The van der Waals surface area contributed by atoms with E-state index in [1.807, 2.05) is 0 Å². The number of piperidine rings is 1. The highest BCUT2D eigenvalue weighted by atomic mass is 16.5. The monoisotopic (exact) mass is 340 g/mol. The Morgan fingerprint density at radius 3 is 2.67 bits per heavy atom. The fourth-order valence-electron chi connectivity index (χ4n) is 3.65. The maximum atomic E-state index is 12.5. The summed E-state index contributed by atoms with van der Waals surface area (Å²) in [6, 6.07) is -0.502. The molecule has 0 aromatic heterocycles. The summed E-state index contributed by atoms with van der Waals surface area (Å²) in [6.07, 6.45) is 2.61. The number of hydrogen-bond acceptors (Lipinski definition) is 8. The van der Waals surface area contributed by atoms with Gasteiger partial charge in [0.2, 0.25) is 5.91 Å². The number of hydrogen-bond donors (Lipinski definition) is 5. The average Bonchev–Trinajstić information content (AvgIpc) is 3.16. The third-order valence-corrected chi connectivity index (χ3v) is 5.11. The van der Waals surface area contributed by atoms with Gasteiger partial charge in [-0.2, -0.15) is 0 Å². The van der Waals surface area contributed by atoms with Crippen LogP contribution in [-0.2, 0) is 14.3 Å². The Balaban J connectivity index is 1.48. The Morgan fingerprint density at radius 2 is 2.00 bits per heavy atom. The molecule has 0 aliphatic carbocycles. The Kier molecular flexibility index (Phi) is 6.01. The van der Waals surface area contributed by atoms with E-state index in [9.17, 15) is 9.59 Å². The first-order valence-electron chi connectivity index (χ1n) is 8.74. The van der Waals surface area contributed by atoms with Gasteiger partial charge in [-0.05, 0) is 25.8 Å². The number of ether oxygens (including phenoxy) is 1.